The lowest BCUT2D eigenvalue weighted by Gasteiger charge is -2.30. The number of ether oxygens (including phenoxy) is 4. The molecule has 10 nitrogen and oxygen atoms in total. The number of aromatic nitrogens is 1. The zero-order chi connectivity index (χ0) is 26.2. The first kappa shape index (κ1) is 26.9. The van der Waals surface area contributed by atoms with Crippen LogP contribution in [0, 0.1) is 11.8 Å². The summed E-state index contributed by atoms with van der Waals surface area (Å²) in [7, 11) is 1.33. The van der Waals surface area contributed by atoms with Crippen molar-refractivity contribution in [1.29, 1.82) is 0 Å². The first-order valence-electron chi connectivity index (χ1n) is 11.8. The number of nitrogens with zero attached hydrogens (tertiary/aromatic N) is 1. The largest absolute Gasteiger partial charge is 0.503 e. The van der Waals surface area contributed by atoms with Crippen LogP contribution in [0.5, 0.6) is 11.5 Å². The summed E-state index contributed by atoms with van der Waals surface area (Å²) in [6.45, 7) is 5.50. The molecule has 0 radical (unpaired) electrons. The van der Waals surface area contributed by atoms with E-state index >= 15 is 0 Å². The van der Waals surface area contributed by atoms with Gasteiger partial charge in [-0.2, -0.15) is 0 Å². The molecule has 4 unspecified atom stereocenters. The second kappa shape index (κ2) is 12.3. The van der Waals surface area contributed by atoms with Gasteiger partial charge in [-0.05, 0) is 24.8 Å². The second-order valence-electron chi connectivity index (χ2n) is 9.00. The Morgan fingerprint density at radius 2 is 1.92 bits per heavy atom. The number of cyclic esters (lactones) is 2. The van der Waals surface area contributed by atoms with Gasteiger partial charge in [0.25, 0.3) is 5.91 Å². The lowest BCUT2D eigenvalue weighted by atomic mass is 9.91. The smallest absolute Gasteiger partial charge is 0.332 e. The van der Waals surface area contributed by atoms with Gasteiger partial charge in [0.1, 0.15) is 18.8 Å². The third-order valence-corrected chi connectivity index (χ3v) is 5.69. The van der Waals surface area contributed by atoms with Gasteiger partial charge in [0, 0.05) is 18.9 Å². The van der Waals surface area contributed by atoms with Crippen LogP contribution in [0.15, 0.2) is 42.6 Å². The maximum atomic E-state index is 13.2. The maximum Gasteiger partial charge on any atom is 0.332 e. The first-order valence-corrected chi connectivity index (χ1v) is 11.8. The Morgan fingerprint density at radius 1 is 1.19 bits per heavy atom. The highest BCUT2D eigenvalue weighted by molar-refractivity contribution is 5.98. The van der Waals surface area contributed by atoms with Crippen LogP contribution in [0.1, 0.15) is 36.8 Å². The Bertz CT molecular complexity index is 1060. The van der Waals surface area contributed by atoms with Gasteiger partial charge >= 0.3 is 11.9 Å². The van der Waals surface area contributed by atoms with Crippen molar-refractivity contribution < 1.29 is 38.4 Å². The number of nitrogens with one attached hydrogen (secondary N) is 1. The molecule has 1 fully saturated rings. The zero-order valence-electron chi connectivity index (χ0n) is 20.8. The molecular formula is C26H32N2O8. The Balaban J connectivity index is 1.84. The molecule has 0 aliphatic carbocycles. The number of carbonyl (C=O) groups is 3. The van der Waals surface area contributed by atoms with Gasteiger partial charge in [0.2, 0.25) is 0 Å². The van der Waals surface area contributed by atoms with Gasteiger partial charge in [0.15, 0.2) is 23.2 Å². The lowest BCUT2D eigenvalue weighted by Crippen LogP contribution is -2.46. The monoisotopic (exact) mass is 500 g/mol. The van der Waals surface area contributed by atoms with E-state index < -0.39 is 54.4 Å². The molecule has 1 aromatic heterocycles. The van der Waals surface area contributed by atoms with Crippen LogP contribution >= 0.6 is 0 Å². The maximum absolute atomic E-state index is 13.2. The molecule has 2 heterocycles. The molecule has 1 amide bonds. The van der Waals surface area contributed by atoms with Gasteiger partial charge in [-0.25, -0.2) is 9.78 Å². The molecule has 3 rings (SSSR count). The Morgan fingerprint density at radius 3 is 2.58 bits per heavy atom. The fourth-order valence-electron chi connectivity index (χ4n) is 3.85. The lowest BCUT2D eigenvalue weighted by molar-refractivity contribution is -0.165. The van der Waals surface area contributed by atoms with Crippen molar-refractivity contribution >= 4 is 17.8 Å². The number of hydrogen-bond donors (Lipinski definition) is 2. The van der Waals surface area contributed by atoms with Crippen LogP contribution < -0.4 is 10.1 Å². The number of hydrogen-bond acceptors (Lipinski definition) is 9. The van der Waals surface area contributed by atoms with Gasteiger partial charge < -0.3 is 29.4 Å². The summed E-state index contributed by atoms with van der Waals surface area (Å²) in [5.41, 5.74) is 0.557. The van der Waals surface area contributed by atoms with E-state index in [0.717, 1.165) is 5.56 Å². The SMILES string of the molecule is COc1ccnc(C(=O)NC2COC(=O)C(Cc3ccccc3)C(OCC(C)C)C(C)OC2=O)c1O. The van der Waals surface area contributed by atoms with E-state index in [2.05, 4.69) is 10.3 Å². The molecule has 1 aliphatic rings. The number of aromatic hydroxyl groups is 1. The normalized spacial score (nSPS) is 22.6. The summed E-state index contributed by atoms with van der Waals surface area (Å²) in [6, 6.07) is 9.48. The molecule has 10 heteroatoms. The number of esters is 2. The number of carbonyl (C=O) groups excluding carboxylic acids is 3. The number of methoxy groups -OCH3 is 1. The van der Waals surface area contributed by atoms with Crippen molar-refractivity contribution in [1.82, 2.24) is 10.3 Å². The van der Waals surface area contributed by atoms with E-state index in [0.29, 0.717) is 13.0 Å². The Kier molecular flexibility index (Phi) is 9.24. The van der Waals surface area contributed by atoms with Gasteiger partial charge in [-0.15, -0.1) is 0 Å². The van der Waals surface area contributed by atoms with Gasteiger partial charge in [0.05, 0.1) is 13.0 Å². The summed E-state index contributed by atoms with van der Waals surface area (Å²) in [5, 5.41) is 12.7. The van der Waals surface area contributed by atoms with E-state index in [1.54, 1.807) is 6.92 Å². The molecule has 1 aliphatic heterocycles. The highest BCUT2D eigenvalue weighted by atomic mass is 16.6. The van der Waals surface area contributed by atoms with Crippen molar-refractivity contribution in [2.45, 2.75) is 45.4 Å². The molecule has 2 N–H and O–H groups in total. The fraction of sp³-hybridized carbons (Fsp3) is 0.462. The van der Waals surface area contributed by atoms with Crippen molar-refractivity contribution in [3.63, 3.8) is 0 Å². The molecule has 36 heavy (non-hydrogen) atoms. The molecule has 4 atom stereocenters. The molecule has 0 bridgehead atoms. The Labute approximate surface area is 209 Å². The third-order valence-electron chi connectivity index (χ3n) is 5.69. The van der Waals surface area contributed by atoms with Gasteiger partial charge in [-0.3, -0.25) is 9.59 Å². The van der Waals surface area contributed by atoms with Crippen LogP contribution in [0.3, 0.4) is 0 Å². The Hall–Kier alpha value is -3.66. The van der Waals surface area contributed by atoms with Gasteiger partial charge in [-0.1, -0.05) is 44.2 Å². The molecular weight excluding hydrogens is 468 g/mol. The predicted octanol–water partition coefficient (Wildman–Crippen LogP) is 2.28. The number of rotatable bonds is 8. The quantitative estimate of drug-likeness (QED) is 0.524. The van der Waals surface area contributed by atoms with Crippen LogP contribution in [-0.4, -0.2) is 66.5 Å². The average Bonchev–Trinajstić information content (AvgIpc) is 2.88. The van der Waals surface area contributed by atoms with Crippen LogP contribution in [-0.2, 0) is 30.2 Å². The molecule has 194 valence electrons. The van der Waals surface area contributed by atoms with Crippen molar-refractivity contribution in [3.05, 3.63) is 53.9 Å². The predicted molar refractivity (Wildman–Crippen MR) is 128 cm³/mol. The van der Waals surface area contributed by atoms with E-state index in [1.807, 2.05) is 44.2 Å². The summed E-state index contributed by atoms with van der Waals surface area (Å²) < 4.78 is 22.2. The van der Waals surface area contributed by atoms with Crippen LogP contribution in [0.2, 0.25) is 0 Å². The molecule has 0 spiro atoms. The van der Waals surface area contributed by atoms with E-state index in [-0.39, 0.29) is 17.4 Å². The summed E-state index contributed by atoms with van der Waals surface area (Å²) >= 11 is 0. The van der Waals surface area contributed by atoms with E-state index in [1.165, 1.54) is 19.4 Å². The van der Waals surface area contributed by atoms with E-state index in [9.17, 15) is 19.5 Å². The highest BCUT2D eigenvalue weighted by Gasteiger charge is 2.40. The first-order chi connectivity index (χ1) is 17.2. The van der Waals surface area contributed by atoms with Crippen molar-refractivity contribution in [3.8, 4) is 11.5 Å². The van der Waals surface area contributed by atoms with Crippen molar-refractivity contribution in [2.24, 2.45) is 11.8 Å². The standard InChI is InChI=1S/C26H32N2O8/c1-15(2)13-34-23-16(3)36-26(32)19(28-24(30)21-22(29)20(33-4)10-11-27-21)14-35-25(31)18(23)12-17-8-6-5-7-9-17/h5-11,15-16,18-19,23,29H,12-14H2,1-4H3,(H,28,30). The molecule has 1 saturated heterocycles. The molecule has 1 aromatic carbocycles. The number of benzene rings is 1. The van der Waals surface area contributed by atoms with Crippen LogP contribution in [0.25, 0.3) is 0 Å². The third kappa shape index (κ3) is 6.72. The van der Waals surface area contributed by atoms with E-state index in [4.69, 9.17) is 18.9 Å². The minimum Gasteiger partial charge on any atom is -0.503 e. The molecule has 2 aromatic rings. The summed E-state index contributed by atoms with van der Waals surface area (Å²) in [4.78, 5) is 42.8. The minimum atomic E-state index is -1.32. The fourth-order valence-corrected chi connectivity index (χ4v) is 3.85. The topological polar surface area (TPSA) is 133 Å². The average molecular weight is 501 g/mol. The number of amides is 1. The highest BCUT2D eigenvalue weighted by Crippen LogP contribution is 2.28. The second-order valence-corrected chi connectivity index (χ2v) is 9.00. The zero-order valence-corrected chi connectivity index (χ0v) is 20.8. The van der Waals surface area contributed by atoms with Crippen molar-refractivity contribution in [2.75, 3.05) is 20.3 Å². The van der Waals surface area contributed by atoms with Crippen LogP contribution in [0.4, 0.5) is 0 Å². The summed E-state index contributed by atoms with van der Waals surface area (Å²) in [6.07, 6.45) is 0.0335. The minimum absolute atomic E-state index is 0.0427. The molecule has 0 saturated carbocycles. The number of pyridine rings is 1. The summed E-state index contributed by atoms with van der Waals surface area (Å²) in [5.74, 6) is -3.23.